The third kappa shape index (κ3) is 3.75. The number of benzene rings is 1. The van der Waals surface area contributed by atoms with Crippen molar-refractivity contribution < 1.29 is 23.0 Å². The lowest BCUT2D eigenvalue weighted by Gasteiger charge is -2.18. The maximum Gasteiger partial charge on any atom is 0.573 e. The largest absolute Gasteiger partial charge is 0.573 e. The van der Waals surface area contributed by atoms with Crippen LogP contribution in [-0.4, -0.2) is 21.0 Å². The first-order valence-electron chi connectivity index (χ1n) is 6.45. The van der Waals surface area contributed by atoms with Gasteiger partial charge in [-0.05, 0) is 12.5 Å². The molecule has 1 heterocycles. The van der Waals surface area contributed by atoms with E-state index in [0.29, 0.717) is 12.2 Å². The number of aliphatic hydroxyl groups excluding tert-OH is 1. The Morgan fingerprint density at radius 1 is 1.33 bits per heavy atom. The van der Waals surface area contributed by atoms with Gasteiger partial charge in [-0.1, -0.05) is 25.1 Å². The minimum atomic E-state index is -4.81. The predicted octanol–water partition coefficient (Wildman–Crippen LogP) is 3.27. The second-order valence-electron chi connectivity index (χ2n) is 4.50. The SMILES string of the molecule is CCCn1cncc1C(O)c1ccccc1OC(F)(F)F. The molecule has 1 aromatic carbocycles. The highest BCUT2D eigenvalue weighted by atomic mass is 19.4. The fraction of sp³-hybridized carbons (Fsp3) is 0.357. The molecule has 0 aliphatic rings. The second kappa shape index (κ2) is 6.17. The van der Waals surface area contributed by atoms with Gasteiger partial charge in [-0.15, -0.1) is 13.2 Å². The Labute approximate surface area is 119 Å². The minimum Gasteiger partial charge on any atom is -0.405 e. The summed E-state index contributed by atoms with van der Waals surface area (Å²) in [6, 6.07) is 5.53. The monoisotopic (exact) mass is 300 g/mol. The zero-order valence-electron chi connectivity index (χ0n) is 11.3. The quantitative estimate of drug-likeness (QED) is 0.922. The zero-order valence-corrected chi connectivity index (χ0v) is 11.3. The molecular weight excluding hydrogens is 285 g/mol. The number of hydrogen-bond acceptors (Lipinski definition) is 3. The summed E-state index contributed by atoms with van der Waals surface area (Å²) >= 11 is 0. The Balaban J connectivity index is 2.34. The Morgan fingerprint density at radius 2 is 2.05 bits per heavy atom. The molecule has 0 spiro atoms. The molecule has 1 atom stereocenters. The van der Waals surface area contributed by atoms with Crippen LogP contribution in [0.1, 0.15) is 30.7 Å². The van der Waals surface area contributed by atoms with Crippen LogP contribution in [0.25, 0.3) is 0 Å². The van der Waals surface area contributed by atoms with E-state index in [9.17, 15) is 18.3 Å². The first-order valence-corrected chi connectivity index (χ1v) is 6.45. The van der Waals surface area contributed by atoms with Gasteiger partial charge in [0.25, 0.3) is 0 Å². The van der Waals surface area contributed by atoms with Gasteiger partial charge in [0, 0.05) is 12.1 Å². The fourth-order valence-electron chi connectivity index (χ4n) is 2.07. The van der Waals surface area contributed by atoms with E-state index < -0.39 is 18.2 Å². The number of rotatable bonds is 5. The number of alkyl halides is 3. The third-order valence-electron chi connectivity index (χ3n) is 2.93. The first-order chi connectivity index (χ1) is 9.92. The molecule has 7 heteroatoms. The second-order valence-corrected chi connectivity index (χ2v) is 4.50. The normalized spacial score (nSPS) is 13.2. The van der Waals surface area contributed by atoms with Gasteiger partial charge in [0.2, 0.25) is 0 Å². The Hall–Kier alpha value is -2.02. The molecule has 21 heavy (non-hydrogen) atoms. The number of ether oxygens (including phenoxy) is 1. The average Bonchev–Trinajstić information content (AvgIpc) is 2.85. The Bertz CT molecular complexity index is 596. The number of para-hydroxylation sites is 1. The summed E-state index contributed by atoms with van der Waals surface area (Å²) in [5, 5.41) is 10.4. The van der Waals surface area contributed by atoms with Crippen molar-refractivity contribution in [1.29, 1.82) is 0 Å². The van der Waals surface area contributed by atoms with Crippen molar-refractivity contribution >= 4 is 0 Å². The molecule has 0 bridgehead atoms. The molecular formula is C14H15F3N2O2. The standard InChI is InChI=1S/C14H15F3N2O2/c1-2-7-19-9-18-8-11(19)13(20)10-5-3-4-6-12(10)21-14(15,16)17/h3-6,8-9,13,20H,2,7H2,1H3. The van der Waals surface area contributed by atoms with Gasteiger partial charge in [-0.3, -0.25) is 0 Å². The van der Waals surface area contributed by atoms with Crippen molar-refractivity contribution in [2.45, 2.75) is 32.4 Å². The lowest BCUT2D eigenvalue weighted by molar-refractivity contribution is -0.275. The van der Waals surface area contributed by atoms with Gasteiger partial charge in [-0.25, -0.2) is 4.98 Å². The van der Waals surface area contributed by atoms with Gasteiger partial charge in [0.1, 0.15) is 11.9 Å². The summed E-state index contributed by atoms with van der Waals surface area (Å²) in [5.41, 5.74) is 0.475. The molecule has 0 saturated carbocycles. The Kier molecular flexibility index (Phi) is 4.52. The molecule has 2 rings (SSSR count). The number of nitrogens with zero attached hydrogens (tertiary/aromatic N) is 2. The van der Waals surface area contributed by atoms with Crippen LogP contribution < -0.4 is 4.74 Å². The van der Waals surface area contributed by atoms with Crippen LogP contribution in [0.4, 0.5) is 13.2 Å². The van der Waals surface area contributed by atoms with E-state index in [1.807, 2.05) is 6.92 Å². The molecule has 2 aromatic rings. The summed E-state index contributed by atoms with van der Waals surface area (Å²) in [5.74, 6) is -0.415. The maximum atomic E-state index is 12.4. The highest BCUT2D eigenvalue weighted by Crippen LogP contribution is 2.33. The van der Waals surface area contributed by atoms with Crippen LogP contribution in [0.15, 0.2) is 36.8 Å². The number of aromatic nitrogens is 2. The number of halogens is 3. The van der Waals surface area contributed by atoms with Gasteiger partial charge < -0.3 is 14.4 Å². The van der Waals surface area contributed by atoms with E-state index in [1.165, 1.54) is 30.7 Å². The molecule has 0 saturated heterocycles. The summed E-state index contributed by atoms with van der Waals surface area (Å²) in [6.07, 6.45) is -2.26. The lowest BCUT2D eigenvalue weighted by Crippen LogP contribution is -2.19. The number of aliphatic hydroxyl groups is 1. The predicted molar refractivity (Wildman–Crippen MR) is 69.7 cm³/mol. The Morgan fingerprint density at radius 3 is 2.71 bits per heavy atom. The summed E-state index contributed by atoms with van der Waals surface area (Å²) in [7, 11) is 0. The van der Waals surface area contributed by atoms with Crippen LogP contribution >= 0.6 is 0 Å². The molecule has 1 aromatic heterocycles. The highest BCUT2D eigenvalue weighted by molar-refractivity contribution is 5.38. The van der Waals surface area contributed by atoms with Crippen LogP contribution in [0.5, 0.6) is 5.75 Å². The van der Waals surface area contributed by atoms with Crippen molar-refractivity contribution in [3.63, 3.8) is 0 Å². The van der Waals surface area contributed by atoms with Crippen LogP contribution in [0.3, 0.4) is 0 Å². The molecule has 0 radical (unpaired) electrons. The lowest BCUT2D eigenvalue weighted by atomic mass is 10.1. The summed E-state index contributed by atoms with van der Waals surface area (Å²) in [4.78, 5) is 3.93. The van der Waals surface area contributed by atoms with Crippen molar-refractivity contribution in [2.24, 2.45) is 0 Å². The molecule has 0 aliphatic heterocycles. The minimum absolute atomic E-state index is 0.0488. The van der Waals surface area contributed by atoms with Gasteiger partial charge >= 0.3 is 6.36 Å². The van der Waals surface area contributed by atoms with Crippen molar-refractivity contribution in [3.05, 3.63) is 48.0 Å². The van der Waals surface area contributed by atoms with Gasteiger partial charge in [-0.2, -0.15) is 0 Å². The van der Waals surface area contributed by atoms with Gasteiger partial charge in [0.15, 0.2) is 0 Å². The van der Waals surface area contributed by atoms with Crippen LogP contribution in [0, 0.1) is 0 Å². The molecule has 0 aliphatic carbocycles. The zero-order chi connectivity index (χ0) is 15.5. The summed E-state index contributed by atoms with van der Waals surface area (Å²) in [6.45, 7) is 2.57. The van der Waals surface area contributed by atoms with E-state index in [-0.39, 0.29) is 5.56 Å². The summed E-state index contributed by atoms with van der Waals surface area (Å²) < 4.78 is 42.9. The van der Waals surface area contributed by atoms with Gasteiger partial charge in [0.05, 0.1) is 18.2 Å². The number of aryl methyl sites for hydroxylation is 1. The van der Waals surface area contributed by atoms with E-state index >= 15 is 0 Å². The van der Waals surface area contributed by atoms with Crippen LogP contribution in [-0.2, 0) is 6.54 Å². The van der Waals surface area contributed by atoms with Crippen molar-refractivity contribution in [2.75, 3.05) is 0 Å². The number of hydrogen-bond donors (Lipinski definition) is 1. The number of imidazole rings is 1. The highest BCUT2D eigenvalue weighted by Gasteiger charge is 2.33. The first kappa shape index (κ1) is 15.4. The topological polar surface area (TPSA) is 47.3 Å². The van der Waals surface area contributed by atoms with Crippen LogP contribution in [0.2, 0.25) is 0 Å². The molecule has 0 amide bonds. The van der Waals surface area contributed by atoms with Crippen molar-refractivity contribution in [3.8, 4) is 5.75 Å². The van der Waals surface area contributed by atoms with E-state index in [0.717, 1.165) is 6.42 Å². The van der Waals surface area contributed by atoms with E-state index in [2.05, 4.69) is 9.72 Å². The van der Waals surface area contributed by atoms with E-state index in [4.69, 9.17) is 0 Å². The fourth-order valence-corrected chi connectivity index (χ4v) is 2.07. The smallest absolute Gasteiger partial charge is 0.405 e. The molecule has 1 unspecified atom stereocenters. The van der Waals surface area contributed by atoms with E-state index in [1.54, 1.807) is 10.6 Å². The average molecular weight is 300 g/mol. The molecule has 4 nitrogen and oxygen atoms in total. The van der Waals surface area contributed by atoms with Crippen molar-refractivity contribution in [1.82, 2.24) is 9.55 Å². The molecule has 114 valence electrons. The molecule has 1 N–H and O–H groups in total. The maximum absolute atomic E-state index is 12.4. The third-order valence-corrected chi connectivity index (χ3v) is 2.93. The molecule has 0 fully saturated rings.